The average Bonchev–Trinajstić information content (AvgIpc) is 3.02. The molecule has 0 bridgehead atoms. The fourth-order valence-electron chi connectivity index (χ4n) is 1.99. The highest BCUT2D eigenvalue weighted by Gasteiger charge is 2.15. The molecule has 122 valence electrons. The first kappa shape index (κ1) is 16.1. The predicted molar refractivity (Wildman–Crippen MR) is 95.1 cm³/mol. The van der Waals surface area contributed by atoms with E-state index in [2.05, 4.69) is 15.5 Å². The molecule has 0 atom stereocenters. The Hall–Kier alpha value is -2.80. The molecule has 2 aromatic rings. The lowest BCUT2D eigenvalue weighted by Crippen LogP contribution is -2.19. The van der Waals surface area contributed by atoms with Gasteiger partial charge in [-0.15, -0.1) is 5.10 Å². The van der Waals surface area contributed by atoms with E-state index in [0.29, 0.717) is 22.4 Å². The van der Waals surface area contributed by atoms with Gasteiger partial charge in [-0.05, 0) is 35.9 Å². The number of hydrogen-bond acceptors (Lipinski definition) is 6. The fraction of sp³-hybridized carbons (Fsp3) is 0.118. The van der Waals surface area contributed by atoms with Crippen LogP contribution in [0.15, 0.2) is 58.7 Å². The quantitative estimate of drug-likeness (QED) is 0.670. The Kier molecular flexibility index (Phi) is 5.12. The number of nitrogens with one attached hydrogen (secondary N) is 1. The van der Waals surface area contributed by atoms with Crippen molar-refractivity contribution in [3.63, 3.8) is 0 Å². The van der Waals surface area contributed by atoms with Crippen LogP contribution in [0.25, 0.3) is 0 Å². The highest BCUT2D eigenvalue weighted by molar-refractivity contribution is 8.15. The minimum atomic E-state index is -0.0574. The highest BCUT2D eigenvalue weighted by Crippen LogP contribution is 2.31. The summed E-state index contributed by atoms with van der Waals surface area (Å²) >= 11 is 1.33. The predicted octanol–water partition coefficient (Wildman–Crippen LogP) is 3.04. The number of carbonyl (C=O) groups excluding carboxylic acids is 1. The number of amidine groups is 1. The van der Waals surface area contributed by atoms with Crippen LogP contribution in [0.4, 0.5) is 0 Å². The van der Waals surface area contributed by atoms with Crippen molar-refractivity contribution in [2.45, 2.75) is 0 Å². The SMILES string of the molecule is COc1cc(/C=N/N=C2/NC(=O)CS2)ccc1Oc1ccccc1. The molecule has 1 fully saturated rings. The molecule has 0 aliphatic carbocycles. The average molecular weight is 341 g/mol. The number of rotatable bonds is 5. The van der Waals surface area contributed by atoms with Gasteiger partial charge in [-0.2, -0.15) is 5.10 Å². The first-order valence-electron chi connectivity index (χ1n) is 7.19. The summed E-state index contributed by atoms with van der Waals surface area (Å²) in [6.45, 7) is 0. The highest BCUT2D eigenvalue weighted by atomic mass is 32.2. The van der Waals surface area contributed by atoms with Crippen LogP contribution in [-0.4, -0.2) is 30.2 Å². The molecule has 0 unspecified atom stereocenters. The Morgan fingerprint density at radius 2 is 2.00 bits per heavy atom. The molecule has 1 N–H and O–H groups in total. The number of benzene rings is 2. The molecule has 1 amide bonds. The molecule has 0 spiro atoms. The zero-order valence-electron chi connectivity index (χ0n) is 12.9. The van der Waals surface area contributed by atoms with Crippen LogP contribution in [-0.2, 0) is 4.79 Å². The van der Waals surface area contributed by atoms with Gasteiger partial charge in [-0.1, -0.05) is 30.0 Å². The third-order valence-electron chi connectivity index (χ3n) is 3.10. The monoisotopic (exact) mass is 341 g/mol. The zero-order chi connectivity index (χ0) is 16.8. The summed E-state index contributed by atoms with van der Waals surface area (Å²) in [5, 5.41) is 11.1. The Balaban J connectivity index is 1.73. The number of amides is 1. The molecule has 0 aromatic heterocycles. The van der Waals surface area contributed by atoms with E-state index in [4.69, 9.17) is 9.47 Å². The summed E-state index contributed by atoms with van der Waals surface area (Å²) in [4.78, 5) is 11.1. The van der Waals surface area contributed by atoms with Gasteiger partial charge in [0.05, 0.1) is 19.1 Å². The lowest BCUT2D eigenvalue weighted by Gasteiger charge is -2.10. The third-order valence-corrected chi connectivity index (χ3v) is 3.96. The van der Waals surface area contributed by atoms with E-state index in [1.54, 1.807) is 13.3 Å². The van der Waals surface area contributed by atoms with Gasteiger partial charge in [0.2, 0.25) is 5.91 Å². The van der Waals surface area contributed by atoms with E-state index in [-0.39, 0.29) is 5.91 Å². The Labute approximate surface area is 143 Å². The molecule has 0 radical (unpaired) electrons. The van der Waals surface area contributed by atoms with Crippen molar-refractivity contribution in [1.29, 1.82) is 0 Å². The van der Waals surface area contributed by atoms with Crippen LogP contribution < -0.4 is 14.8 Å². The van der Waals surface area contributed by atoms with Crippen LogP contribution in [0.5, 0.6) is 17.2 Å². The second-order valence-corrected chi connectivity index (χ2v) is 5.78. The van der Waals surface area contributed by atoms with Crippen LogP contribution in [0.3, 0.4) is 0 Å². The van der Waals surface area contributed by atoms with Crippen molar-refractivity contribution in [2.75, 3.05) is 12.9 Å². The van der Waals surface area contributed by atoms with E-state index in [1.165, 1.54) is 11.8 Å². The second-order valence-electron chi connectivity index (χ2n) is 4.81. The smallest absolute Gasteiger partial charge is 0.236 e. The first-order chi connectivity index (χ1) is 11.7. The molecule has 0 saturated carbocycles. The number of methoxy groups -OCH3 is 1. The lowest BCUT2D eigenvalue weighted by molar-refractivity contribution is -0.116. The van der Waals surface area contributed by atoms with Crippen molar-refractivity contribution in [1.82, 2.24) is 5.32 Å². The Bertz CT molecular complexity index is 791. The van der Waals surface area contributed by atoms with Gasteiger partial charge >= 0.3 is 0 Å². The molecule has 1 saturated heterocycles. The molecule has 7 heteroatoms. The molecule has 1 heterocycles. The number of ether oxygens (including phenoxy) is 2. The van der Waals surface area contributed by atoms with Crippen LogP contribution in [0, 0.1) is 0 Å². The van der Waals surface area contributed by atoms with Gasteiger partial charge in [-0.3, -0.25) is 4.79 Å². The number of thioether (sulfide) groups is 1. The minimum Gasteiger partial charge on any atom is -0.493 e. The number of nitrogens with zero attached hydrogens (tertiary/aromatic N) is 2. The van der Waals surface area contributed by atoms with Gasteiger partial charge in [0.1, 0.15) is 5.75 Å². The summed E-state index contributed by atoms with van der Waals surface area (Å²) in [6.07, 6.45) is 1.59. The molecule has 2 aromatic carbocycles. The van der Waals surface area contributed by atoms with E-state index in [1.807, 2.05) is 48.5 Å². The molecule has 6 nitrogen and oxygen atoms in total. The van der Waals surface area contributed by atoms with Crippen LogP contribution in [0.2, 0.25) is 0 Å². The topological polar surface area (TPSA) is 72.3 Å². The molecule has 3 rings (SSSR count). The third kappa shape index (κ3) is 4.14. The van der Waals surface area contributed by atoms with Crippen molar-refractivity contribution < 1.29 is 14.3 Å². The lowest BCUT2D eigenvalue weighted by atomic mass is 10.2. The summed E-state index contributed by atoms with van der Waals surface area (Å²) in [5.74, 6) is 2.27. The van der Waals surface area contributed by atoms with E-state index in [9.17, 15) is 4.79 Å². The van der Waals surface area contributed by atoms with Crippen LogP contribution in [0.1, 0.15) is 5.56 Å². The van der Waals surface area contributed by atoms with Gasteiger partial charge in [0, 0.05) is 0 Å². The zero-order valence-corrected chi connectivity index (χ0v) is 13.7. The van der Waals surface area contributed by atoms with E-state index < -0.39 is 0 Å². The standard InChI is InChI=1S/C17H15N3O3S/c1-22-15-9-12(10-18-20-17-19-16(21)11-24-17)7-8-14(15)23-13-5-3-2-4-6-13/h2-10H,11H2,1H3,(H,19,20,21)/b18-10+. The van der Waals surface area contributed by atoms with Gasteiger partial charge in [0.15, 0.2) is 16.7 Å². The summed E-state index contributed by atoms with van der Waals surface area (Å²) in [6, 6.07) is 15.0. The first-order valence-corrected chi connectivity index (χ1v) is 8.18. The largest absolute Gasteiger partial charge is 0.493 e. The second kappa shape index (κ2) is 7.65. The molecular formula is C17H15N3O3S. The normalized spacial score (nSPS) is 15.7. The van der Waals surface area contributed by atoms with Crippen molar-refractivity contribution in [2.24, 2.45) is 10.2 Å². The molecule has 1 aliphatic rings. The maximum Gasteiger partial charge on any atom is 0.236 e. The van der Waals surface area contributed by atoms with E-state index in [0.717, 1.165) is 11.3 Å². The summed E-state index contributed by atoms with van der Waals surface area (Å²) in [7, 11) is 1.58. The fourth-order valence-corrected chi connectivity index (χ4v) is 2.62. The molecule has 1 aliphatic heterocycles. The van der Waals surface area contributed by atoms with Crippen molar-refractivity contribution >= 4 is 29.1 Å². The van der Waals surface area contributed by atoms with E-state index >= 15 is 0 Å². The molecular weight excluding hydrogens is 326 g/mol. The number of carbonyl (C=O) groups is 1. The van der Waals surface area contributed by atoms with Gasteiger partial charge in [0.25, 0.3) is 0 Å². The minimum absolute atomic E-state index is 0.0574. The maximum absolute atomic E-state index is 11.1. The Morgan fingerprint density at radius 1 is 1.17 bits per heavy atom. The summed E-state index contributed by atoms with van der Waals surface area (Å²) in [5.41, 5.74) is 0.811. The number of hydrogen-bond donors (Lipinski definition) is 1. The molecule has 24 heavy (non-hydrogen) atoms. The summed E-state index contributed by atoms with van der Waals surface area (Å²) < 4.78 is 11.2. The van der Waals surface area contributed by atoms with Crippen LogP contribution >= 0.6 is 11.8 Å². The van der Waals surface area contributed by atoms with Gasteiger partial charge in [-0.25, -0.2) is 0 Å². The maximum atomic E-state index is 11.1. The Morgan fingerprint density at radius 3 is 2.71 bits per heavy atom. The number of para-hydroxylation sites is 1. The van der Waals surface area contributed by atoms with Crippen molar-refractivity contribution in [3.05, 3.63) is 54.1 Å². The van der Waals surface area contributed by atoms with Gasteiger partial charge < -0.3 is 14.8 Å². The van der Waals surface area contributed by atoms with Crippen molar-refractivity contribution in [3.8, 4) is 17.2 Å².